The van der Waals surface area contributed by atoms with Crippen LogP contribution in [0.2, 0.25) is 0 Å². The summed E-state index contributed by atoms with van der Waals surface area (Å²) in [5, 5.41) is 0. The number of hydrogen-bond acceptors (Lipinski definition) is 3. The fraction of sp³-hybridized carbons (Fsp3) is 0.333. The van der Waals surface area contributed by atoms with Crippen molar-refractivity contribution in [3.63, 3.8) is 0 Å². The van der Waals surface area contributed by atoms with Gasteiger partial charge in [0, 0.05) is 11.2 Å². The Morgan fingerprint density at radius 2 is 1.92 bits per heavy atom. The van der Waals surface area contributed by atoms with Crippen LogP contribution < -0.4 is 0 Å². The predicted octanol–water partition coefficient (Wildman–Crippen LogP) is 2.05. The van der Waals surface area contributed by atoms with Crippen molar-refractivity contribution >= 4 is 20.0 Å². The van der Waals surface area contributed by atoms with E-state index in [9.17, 15) is 4.21 Å². The van der Waals surface area contributed by atoms with Crippen molar-refractivity contribution in [1.29, 1.82) is 0 Å². The van der Waals surface area contributed by atoms with Gasteiger partial charge in [-0.05, 0) is 26.0 Å². The van der Waals surface area contributed by atoms with E-state index in [1.807, 2.05) is 19.1 Å². The first kappa shape index (κ1) is 10.6. The van der Waals surface area contributed by atoms with Gasteiger partial charge in [0.05, 0.1) is 11.5 Å². The number of rotatable bonds is 3. The summed E-state index contributed by atoms with van der Waals surface area (Å²) in [6.07, 6.45) is 0. The van der Waals surface area contributed by atoms with Crippen molar-refractivity contribution in [1.82, 2.24) is 0 Å². The molecule has 0 N–H and O–H groups in total. The van der Waals surface area contributed by atoms with E-state index < -0.39 is 8.77 Å². The second-order valence-corrected chi connectivity index (χ2v) is 5.61. The van der Waals surface area contributed by atoms with Crippen LogP contribution in [0.15, 0.2) is 29.2 Å². The average molecular weight is 216 g/mol. The summed E-state index contributed by atoms with van der Waals surface area (Å²) in [7, 11) is -2.69. The molecule has 0 amide bonds. The van der Waals surface area contributed by atoms with Crippen molar-refractivity contribution in [2.45, 2.75) is 18.7 Å². The maximum atomic E-state index is 11.7. The highest BCUT2D eigenvalue weighted by molar-refractivity contribution is 8.30. The first-order valence-electron chi connectivity index (χ1n) is 4.02. The summed E-state index contributed by atoms with van der Waals surface area (Å²) < 4.78 is 16.7. The molecule has 0 aliphatic rings. The second-order valence-electron chi connectivity index (χ2n) is 2.67. The predicted molar refractivity (Wildman–Crippen MR) is 56.6 cm³/mol. The Labute approximate surface area is 83.8 Å². The Morgan fingerprint density at radius 3 is 2.38 bits per heavy atom. The Balaban J connectivity index is 3.02. The normalized spacial score (nSPS) is 15.2. The molecule has 0 bridgehead atoms. The van der Waals surface area contributed by atoms with E-state index in [1.165, 1.54) is 0 Å². The van der Waals surface area contributed by atoms with Gasteiger partial charge in [-0.25, -0.2) is 4.21 Å². The molecule has 4 heteroatoms. The lowest BCUT2D eigenvalue weighted by Gasteiger charge is -2.05. The largest absolute Gasteiger partial charge is 0.287 e. The molecule has 1 unspecified atom stereocenters. The highest BCUT2D eigenvalue weighted by Crippen LogP contribution is 2.13. The topological polar surface area (TPSA) is 26.3 Å². The number of hydrogen-bond donors (Lipinski definition) is 0. The average Bonchev–Trinajstić information content (AvgIpc) is 2.05. The molecule has 0 aliphatic heterocycles. The molecule has 0 heterocycles. The minimum Gasteiger partial charge on any atom is -0.287 e. The van der Waals surface area contributed by atoms with Crippen molar-refractivity contribution in [3.05, 3.63) is 29.8 Å². The fourth-order valence-electron chi connectivity index (χ4n) is 0.928. The molecule has 0 aromatic heterocycles. The maximum absolute atomic E-state index is 11.7. The molecule has 0 radical (unpaired) electrons. The lowest BCUT2D eigenvalue weighted by atomic mass is 10.2. The molecule has 0 aliphatic carbocycles. The van der Waals surface area contributed by atoms with E-state index in [-0.39, 0.29) is 0 Å². The third kappa shape index (κ3) is 2.76. The monoisotopic (exact) mass is 216 g/mol. The van der Waals surface area contributed by atoms with Gasteiger partial charge in [-0.2, -0.15) is 0 Å². The van der Waals surface area contributed by atoms with Gasteiger partial charge in [0.2, 0.25) is 0 Å². The van der Waals surface area contributed by atoms with Crippen LogP contribution in [0, 0.1) is 6.92 Å². The Kier molecular flexibility index (Phi) is 3.41. The second kappa shape index (κ2) is 4.17. The van der Waals surface area contributed by atoms with Crippen LogP contribution >= 0.6 is 0 Å². The van der Waals surface area contributed by atoms with Crippen LogP contribution in [0.3, 0.4) is 0 Å². The van der Waals surface area contributed by atoms with Crippen LogP contribution in [-0.2, 0) is 24.1 Å². The minimum absolute atomic E-state index is 0.371. The first-order valence-corrected chi connectivity index (χ1v) is 6.43. The maximum Gasteiger partial charge on any atom is 0.173 e. The van der Waals surface area contributed by atoms with Crippen molar-refractivity contribution < 1.29 is 8.39 Å². The molecule has 0 saturated carbocycles. The van der Waals surface area contributed by atoms with Crippen LogP contribution in [0.25, 0.3) is 0 Å². The number of aryl methyl sites for hydroxylation is 1. The molecule has 2 nitrogen and oxygen atoms in total. The lowest BCUT2D eigenvalue weighted by molar-refractivity contribution is 0.370. The van der Waals surface area contributed by atoms with E-state index in [0.717, 1.165) is 5.56 Å². The summed E-state index contributed by atoms with van der Waals surface area (Å²) in [6.45, 7) is 4.12. The van der Waals surface area contributed by atoms with Crippen LogP contribution in [0.4, 0.5) is 0 Å². The molecule has 72 valence electrons. The van der Waals surface area contributed by atoms with Gasteiger partial charge < -0.3 is 0 Å². The molecule has 1 aromatic rings. The summed E-state index contributed by atoms with van der Waals surface area (Å²) >= 11 is 4.86. The molecular weight excluding hydrogens is 204 g/mol. The third-order valence-corrected chi connectivity index (χ3v) is 3.84. The summed E-state index contributed by atoms with van der Waals surface area (Å²) in [6, 6.07) is 7.25. The quantitative estimate of drug-likeness (QED) is 0.773. The van der Waals surface area contributed by atoms with Crippen LogP contribution in [0.5, 0.6) is 0 Å². The standard InChI is InChI=1S/C9H12O2S2/c1-3-11-13(10,12)9-6-4-8(2)5-7-9/h4-7H,3H2,1-2H3. The summed E-state index contributed by atoms with van der Waals surface area (Å²) in [5.41, 5.74) is 1.12. The van der Waals surface area contributed by atoms with E-state index in [4.69, 9.17) is 15.4 Å². The number of benzene rings is 1. The lowest BCUT2D eigenvalue weighted by Crippen LogP contribution is -2.04. The zero-order chi connectivity index (χ0) is 9.90. The summed E-state index contributed by atoms with van der Waals surface area (Å²) in [4.78, 5) is 0.579. The zero-order valence-corrected chi connectivity index (χ0v) is 9.28. The van der Waals surface area contributed by atoms with Gasteiger partial charge in [0.15, 0.2) is 8.77 Å². The molecule has 0 saturated heterocycles. The molecule has 1 atom stereocenters. The first-order chi connectivity index (χ1) is 6.06. The van der Waals surface area contributed by atoms with E-state index in [2.05, 4.69) is 0 Å². The van der Waals surface area contributed by atoms with Crippen molar-refractivity contribution in [2.75, 3.05) is 6.61 Å². The highest BCUT2D eigenvalue weighted by atomic mass is 32.8. The SMILES string of the molecule is CCOS(=O)(=S)c1ccc(C)cc1. The Hall–Kier alpha value is -0.450. The van der Waals surface area contributed by atoms with Gasteiger partial charge in [0.25, 0.3) is 0 Å². The van der Waals surface area contributed by atoms with Crippen molar-refractivity contribution in [3.8, 4) is 0 Å². The van der Waals surface area contributed by atoms with E-state index in [1.54, 1.807) is 19.1 Å². The van der Waals surface area contributed by atoms with Gasteiger partial charge in [-0.1, -0.05) is 17.7 Å². The Bertz CT molecular complexity index is 365. The zero-order valence-electron chi connectivity index (χ0n) is 7.65. The minimum atomic E-state index is -2.69. The van der Waals surface area contributed by atoms with Crippen molar-refractivity contribution in [2.24, 2.45) is 0 Å². The van der Waals surface area contributed by atoms with Gasteiger partial charge in [-0.3, -0.25) is 4.18 Å². The Morgan fingerprint density at radius 1 is 1.38 bits per heavy atom. The van der Waals surface area contributed by atoms with E-state index >= 15 is 0 Å². The summed E-state index contributed by atoms with van der Waals surface area (Å²) in [5.74, 6) is 0. The third-order valence-electron chi connectivity index (χ3n) is 1.58. The highest BCUT2D eigenvalue weighted by Gasteiger charge is 2.08. The fourth-order valence-corrected chi connectivity index (χ4v) is 2.47. The molecular formula is C9H12O2S2. The van der Waals surface area contributed by atoms with Gasteiger partial charge >= 0.3 is 0 Å². The van der Waals surface area contributed by atoms with Gasteiger partial charge in [0.1, 0.15) is 0 Å². The molecule has 0 fully saturated rings. The van der Waals surface area contributed by atoms with E-state index in [0.29, 0.717) is 11.5 Å². The van der Waals surface area contributed by atoms with Gasteiger partial charge in [-0.15, -0.1) is 0 Å². The van der Waals surface area contributed by atoms with Crippen LogP contribution in [0.1, 0.15) is 12.5 Å². The molecule has 0 spiro atoms. The molecule has 13 heavy (non-hydrogen) atoms. The van der Waals surface area contributed by atoms with Crippen LogP contribution in [-0.4, -0.2) is 10.8 Å². The smallest absolute Gasteiger partial charge is 0.173 e. The molecule has 1 rings (SSSR count). The molecule has 1 aromatic carbocycles.